The summed E-state index contributed by atoms with van der Waals surface area (Å²) >= 11 is 1.54. The third-order valence-corrected chi connectivity index (χ3v) is 8.50. The quantitative estimate of drug-likeness (QED) is 0.512. The third kappa shape index (κ3) is 3.61. The minimum atomic E-state index is -0.851. The summed E-state index contributed by atoms with van der Waals surface area (Å²) in [6.07, 6.45) is 10.7. The highest BCUT2D eigenvalue weighted by Crippen LogP contribution is 2.60. The molecule has 4 aliphatic rings. The Hall–Kier alpha value is -1.80. The maximum atomic E-state index is 13.8. The van der Waals surface area contributed by atoms with Crippen molar-refractivity contribution in [3.05, 3.63) is 24.3 Å². The Morgan fingerprint density at radius 2 is 1.97 bits per heavy atom. The number of hydrogen-bond donors (Lipinski definition) is 1. The standard InChI is InChI=1S/C23H32N2O5S/c1-22(2,3)25-11-8-10-23-17(19(27)24(12-13-26)18(23)20(25)28)16-15(31-23)9-6-4-5-7-14-30-21(16)29/h6,8-10,15-18,26H,4-5,7,11-14H2,1-3H3/b9-6-/t15-,16+,17+,18?,23+/m1/s1. The molecule has 2 saturated heterocycles. The van der Waals surface area contributed by atoms with Crippen LogP contribution in [0.4, 0.5) is 0 Å². The molecule has 0 aliphatic carbocycles. The van der Waals surface area contributed by atoms with Gasteiger partial charge in [0.25, 0.3) is 0 Å². The summed E-state index contributed by atoms with van der Waals surface area (Å²) in [5.41, 5.74) is -0.418. The molecule has 0 radical (unpaired) electrons. The largest absolute Gasteiger partial charge is 0.465 e. The first kappa shape index (κ1) is 22.4. The molecule has 2 fully saturated rings. The fourth-order valence-electron chi connectivity index (χ4n) is 5.37. The molecule has 170 valence electrons. The molecule has 8 heteroatoms. The Labute approximate surface area is 187 Å². The van der Waals surface area contributed by atoms with Gasteiger partial charge in [-0.3, -0.25) is 14.4 Å². The van der Waals surface area contributed by atoms with Gasteiger partial charge in [-0.1, -0.05) is 24.3 Å². The highest BCUT2D eigenvalue weighted by atomic mass is 32.2. The van der Waals surface area contributed by atoms with Gasteiger partial charge in [-0.25, -0.2) is 0 Å². The average molecular weight is 449 g/mol. The molecule has 0 aromatic heterocycles. The number of esters is 1. The molecule has 2 amide bonds. The van der Waals surface area contributed by atoms with Crippen LogP contribution in [-0.4, -0.2) is 80.6 Å². The molecule has 0 aromatic carbocycles. The van der Waals surface area contributed by atoms with E-state index in [1.165, 1.54) is 16.7 Å². The van der Waals surface area contributed by atoms with Crippen LogP contribution in [0.15, 0.2) is 24.3 Å². The topological polar surface area (TPSA) is 87.2 Å². The molecule has 1 spiro atoms. The van der Waals surface area contributed by atoms with Crippen LogP contribution in [0.5, 0.6) is 0 Å². The maximum Gasteiger partial charge on any atom is 0.311 e. The van der Waals surface area contributed by atoms with E-state index >= 15 is 0 Å². The van der Waals surface area contributed by atoms with Gasteiger partial charge >= 0.3 is 5.97 Å². The Morgan fingerprint density at radius 1 is 1.19 bits per heavy atom. The van der Waals surface area contributed by atoms with Crippen molar-refractivity contribution in [2.45, 2.75) is 61.6 Å². The second-order valence-electron chi connectivity index (χ2n) is 9.71. The number of ether oxygens (including phenoxy) is 1. The van der Waals surface area contributed by atoms with E-state index in [-0.39, 0.29) is 36.2 Å². The number of allylic oxidation sites excluding steroid dienone is 1. The number of carbonyl (C=O) groups is 3. The van der Waals surface area contributed by atoms with Crippen LogP contribution in [0.2, 0.25) is 0 Å². The van der Waals surface area contributed by atoms with Crippen LogP contribution in [0.3, 0.4) is 0 Å². The van der Waals surface area contributed by atoms with E-state index in [4.69, 9.17) is 4.74 Å². The second kappa shape index (κ2) is 8.28. The number of thioether (sulfide) groups is 1. The van der Waals surface area contributed by atoms with Crippen molar-refractivity contribution in [3.8, 4) is 0 Å². The second-order valence-corrected chi connectivity index (χ2v) is 11.2. The summed E-state index contributed by atoms with van der Waals surface area (Å²) in [6.45, 7) is 6.57. The fourth-order valence-corrected chi connectivity index (χ4v) is 7.37. The maximum absolute atomic E-state index is 13.8. The Balaban J connectivity index is 1.83. The first-order valence-corrected chi connectivity index (χ1v) is 12.0. The third-order valence-electron chi connectivity index (χ3n) is 6.75. The van der Waals surface area contributed by atoms with E-state index in [0.717, 1.165) is 19.3 Å². The lowest BCUT2D eigenvalue weighted by atomic mass is 9.78. The molecule has 1 unspecified atom stereocenters. The highest BCUT2D eigenvalue weighted by Gasteiger charge is 2.71. The van der Waals surface area contributed by atoms with Crippen molar-refractivity contribution in [3.63, 3.8) is 0 Å². The molecular formula is C23H32N2O5S. The van der Waals surface area contributed by atoms with Crippen molar-refractivity contribution in [1.29, 1.82) is 0 Å². The van der Waals surface area contributed by atoms with Crippen LogP contribution in [0.1, 0.15) is 40.0 Å². The molecule has 0 saturated carbocycles. The number of β-amino-alcohol motifs (C(OH)–C–C–N with tert-alkyl or cyclic N) is 1. The number of nitrogens with zero attached hydrogens (tertiary/aromatic N) is 2. The van der Waals surface area contributed by atoms with Crippen LogP contribution < -0.4 is 0 Å². The summed E-state index contributed by atoms with van der Waals surface area (Å²) in [5.74, 6) is -2.06. The van der Waals surface area contributed by atoms with E-state index in [2.05, 4.69) is 6.08 Å². The predicted molar refractivity (Wildman–Crippen MR) is 118 cm³/mol. The van der Waals surface area contributed by atoms with E-state index in [0.29, 0.717) is 13.2 Å². The van der Waals surface area contributed by atoms with E-state index < -0.39 is 28.2 Å². The molecule has 4 heterocycles. The van der Waals surface area contributed by atoms with Gasteiger partial charge in [0.1, 0.15) is 6.04 Å². The zero-order chi connectivity index (χ0) is 22.4. The monoisotopic (exact) mass is 448 g/mol. The lowest BCUT2D eigenvalue weighted by Gasteiger charge is -2.40. The molecule has 5 atom stereocenters. The number of cyclic esters (lactones) is 1. The molecular weight excluding hydrogens is 416 g/mol. The van der Waals surface area contributed by atoms with Crippen LogP contribution in [0.25, 0.3) is 0 Å². The van der Waals surface area contributed by atoms with E-state index in [1.54, 1.807) is 4.90 Å². The van der Waals surface area contributed by atoms with Crippen LogP contribution in [0, 0.1) is 11.8 Å². The number of fused-ring (bicyclic) bond motifs is 2. The lowest BCUT2D eigenvalue weighted by Crippen LogP contribution is -2.57. The summed E-state index contributed by atoms with van der Waals surface area (Å²) in [6, 6.07) is -0.751. The van der Waals surface area contributed by atoms with Gasteiger partial charge < -0.3 is 19.6 Å². The molecule has 0 bridgehead atoms. The van der Waals surface area contributed by atoms with Crippen molar-refractivity contribution >= 4 is 29.5 Å². The van der Waals surface area contributed by atoms with Crippen LogP contribution >= 0.6 is 11.8 Å². The zero-order valence-corrected chi connectivity index (χ0v) is 19.3. The number of amides is 2. The number of likely N-dealkylation sites (tertiary alicyclic amines) is 1. The van der Waals surface area contributed by atoms with Gasteiger partial charge in [-0.05, 0) is 40.0 Å². The van der Waals surface area contributed by atoms with Crippen molar-refractivity contribution in [2.24, 2.45) is 11.8 Å². The minimum absolute atomic E-state index is 0.0716. The van der Waals surface area contributed by atoms with Gasteiger partial charge in [0.2, 0.25) is 11.8 Å². The smallest absolute Gasteiger partial charge is 0.311 e. The minimum Gasteiger partial charge on any atom is -0.465 e. The number of hydrogen-bond acceptors (Lipinski definition) is 6. The summed E-state index contributed by atoms with van der Waals surface area (Å²) < 4.78 is 4.72. The van der Waals surface area contributed by atoms with Crippen LogP contribution in [-0.2, 0) is 19.1 Å². The van der Waals surface area contributed by atoms with Crippen molar-refractivity contribution in [1.82, 2.24) is 9.80 Å². The predicted octanol–water partition coefficient (Wildman–Crippen LogP) is 1.76. The molecule has 4 aliphatic heterocycles. The fraction of sp³-hybridized carbons (Fsp3) is 0.696. The lowest BCUT2D eigenvalue weighted by molar-refractivity contribution is -0.153. The molecule has 7 nitrogen and oxygen atoms in total. The molecule has 31 heavy (non-hydrogen) atoms. The van der Waals surface area contributed by atoms with E-state index in [1.807, 2.05) is 39.0 Å². The van der Waals surface area contributed by atoms with Gasteiger partial charge in [0.15, 0.2) is 0 Å². The highest BCUT2D eigenvalue weighted by molar-refractivity contribution is 8.02. The summed E-state index contributed by atoms with van der Waals surface area (Å²) in [5, 5.41) is 9.44. The number of rotatable bonds is 2. The van der Waals surface area contributed by atoms with Crippen molar-refractivity contribution in [2.75, 3.05) is 26.3 Å². The first-order valence-electron chi connectivity index (χ1n) is 11.1. The summed E-state index contributed by atoms with van der Waals surface area (Å²) in [4.78, 5) is 43.9. The zero-order valence-electron chi connectivity index (χ0n) is 18.5. The average Bonchev–Trinajstić information content (AvgIpc) is 3.07. The number of aliphatic hydroxyl groups is 1. The van der Waals surface area contributed by atoms with Gasteiger partial charge in [0.05, 0.1) is 29.8 Å². The van der Waals surface area contributed by atoms with Gasteiger partial charge in [0, 0.05) is 23.9 Å². The normalized spacial score (nSPS) is 37.1. The van der Waals surface area contributed by atoms with Gasteiger partial charge in [-0.15, -0.1) is 11.8 Å². The Kier molecular flexibility index (Phi) is 5.98. The Morgan fingerprint density at radius 3 is 2.68 bits per heavy atom. The van der Waals surface area contributed by atoms with Gasteiger partial charge in [-0.2, -0.15) is 0 Å². The molecule has 1 N–H and O–H groups in total. The number of aliphatic hydroxyl groups excluding tert-OH is 1. The number of carbonyl (C=O) groups excluding carboxylic acids is 3. The Bertz CT molecular complexity index is 819. The summed E-state index contributed by atoms with van der Waals surface area (Å²) in [7, 11) is 0. The van der Waals surface area contributed by atoms with Crippen molar-refractivity contribution < 1.29 is 24.2 Å². The van der Waals surface area contributed by atoms with E-state index in [9.17, 15) is 19.5 Å². The SMILES string of the molecule is CC(C)(C)N1CC=C[C@]23S[C@@H]4/C=C\CCCCOC(=O)[C@@H]4[C@H]2C(=O)N(CCO)C3C1=O. The first-order chi connectivity index (χ1) is 14.7. The molecule has 4 rings (SSSR count). The molecule has 0 aromatic rings.